The Balaban J connectivity index is 1.56. The number of aromatic nitrogens is 2. The van der Waals surface area contributed by atoms with Gasteiger partial charge in [-0.15, -0.1) is 0 Å². The number of aromatic amines is 1. The van der Waals surface area contributed by atoms with Gasteiger partial charge in [-0.25, -0.2) is 4.98 Å². The molecule has 132 valence electrons. The number of rotatable bonds is 2. The van der Waals surface area contributed by atoms with Crippen molar-refractivity contribution in [2.24, 2.45) is 5.41 Å². The van der Waals surface area contributed by atoms with Gasteiger partial charge in [0.05, 0.1) is 15.6 Å². The second-order valence-corrected chi connectivity index (χ2v) is 8.03. The van der Waals surface area contributed by atoms with Crippen molar-refractivity contribution in [2.75, 3.05) is 18.0 Å². The summed E-state index contributed by atoms with van der Waals surface area (Å²) < 4.78 is 0. The lowest BCUT2D eigenvalue weighted by Gasteiger charge is -2.39. The Morgan fingerprint density at radius 3 is 2.44 bits per heavy atom. The van der Waals surface area contributed by atoms with Gasteiger partial charge >= 0.3 is 0 Å². The summed E-state index contributed by atoms with van der Waals surface area (Å²) in [4.78, 5) is 22.2. The number of H-pyrrole nitrogens is 1. The van der Waals surface area contributed by atoms with Crippen molar-refractivity contribution in [3.63, 3.8) is 0 Å². The third kappa shape index (κ3) is 3.18. The van der Waals surface area contributed by atoms with Gasteiger partial charge in [0.25, 0.3) is 5.56 Å². The molecular weight excluding hydrogens is 357 g/mol. The maximum atomic E-state index is 12.6. The molecule has 1 saturated heterocycles. The summed E-state index contributed by atoms with van der Waals surface area (Å²) in [6, 6.07) is 5.27. The highest BCUT2D eigenvalue weighted by Crippen LogP contribution is 2.46. The molecule has 2 fully saturated rings. The van der Waals surface area contributed by atoms with E-state index >= 15 is 0 Å². The molecule has 1 spiro atoms. The van der Waals surface area contributed by atoms with E-state index in [9.17, 15) is 4.79 Å². The molecule has 1 aliphatic heterocycles. The van der Waals surface area contributed by atoms with Crippen molar-refractivity contribution in [3.8, 4) is 11.1 Å². The molecule has 0 bridgehead atoms. The van der Waals surface area contributed by atoms with Gasteiger partial charge < -0.3 is 4.90 Å². The smallest absolute Gasteiger partial charge is 0.260 e. The predicted octanol–water partition coefficient (Wildman–Crippen LogP) is 4.90. The zero-order chi connectivity index (χ0) is 17.4. The first-order valence-corrected chi connectivity index (χ1v) is 9.62. The van der Waals surface area contributed by atoms with Crippen LogP contribution in [0.1, 0.15) is 38.5 Å². The zero-order valence-corrected chi connectivity index (χ0v) is 15.5. The molecule has 1 aliphatic carbocycles. The Hall–Kier alpha value is -1.52. The molecule has 2 heterocycles. The molecule has 2 aliphatic rings. The SMILES string of the molecule is O=c1[nH]c(N2CCC3(CCCC3)CC2)ncc1-c1cccc(Cl)c1Cl. The molecule has 4 nitrogen and oxygen atoms in total. The van der Waals surface area contributed by atoms with E-state index in [1.54, 1.807) is 24.4 Å². The highest BCUT2D eigenvalue weighted by Gasteiger charge is 2.37. The number of nitrogens with one attached hydrogen (secondary N) is 1. The molecule has 0 radical (unpaired) electrons. The molecule has 1 aromatic heterocycles. The number of anilines is 1. The van der Waals surface area contributed by atoms with E-state index < -0.39 is 0 Å². The highest BCUT2D eigenvalue weighted by molar-refractivity contribution is 6.43. The number of benzene rings is 1. The Morgan fingerprint density at radius 2 is 1.76 bits per heavy atom. The topological polar surface area (TPSA) is 49.0 Å². The van der Waals surface area contributed by atoms with Gasteiger partial charge in [-0.05, 0) is 37.2 Å². The van der Waals surface area contributed by atoms with Crippen molar-refractivity contribution in [1.29, 1.82) is 0 Å². The van der Waals surface area contributed by atoms with E-state index in [1.165, 1.54) is 38.5 Å². The Morgan fingerprint density at radius 1 is 1.04 bits per heavy atom. The van der Waals surface area contributed by atoms with Crippen LogP contribution in [0.15, 0.2) is 29.2 Å². The standard InChI is InChI=1S/C19H21Cl2N3O/c20-15-5-3-4-13(16(15)21)14-12-22-18(23-17(14)25)24-10-8-19(9-11-24)6-1-2-7-19/h3-5,12H,1-2,6-11H2,(H,22,23,25). The predicted molar refractivity (Wildman–Crippen MR) is 103 cm³/mol. The van der Waals surface area contributed by atoms with Crippen LogP contribution < -0.4 is 10.5 Å². The lowest BCUT2D eigenvalue weighted by atomic mass is 9.77. The molecule has 6 heteroatoms. The van der Waals surface area contributed by atoms with Gasteiger partial charge in [-0.3, -0.25) is 9.78 Å². The molecule has 1 N–H and O–H groups in total. The fraction of sp³-hybridized carbons (Fsp3) is 0.474. The fourth-order valence-electron chi connectivity index (χ4n) is 4.27. The van der Waals surface area contributed by atoms with Crippen LogP contribution in [0.4, 0.5) is 5.95 Å². The molecule has 0 atom stereocenters. The number of nitrogens with zero attached hydrogens (tertiary/aromatic N) is 2. The Bertz CT molecular complexity index is 833. The van der Waals surface area contributed by atoms with E-state index in [0.29, 0.717) is 32.5 Å². The molecule has 1 saturated carbocycles. The van der Waals surface area contributed by atoms with Crippen LogP contribution in [-0.4, -0.2) is 23.1 Å². The van der Waals surface area contributed by atoms with Gasteiger partial charge in [0.15, 0.2) is 0 Å². The Kier molecular flexibility index (Phi) is 4.50. The summed E-state index contributed by atoms with van der Waals surface area (Å²) in [5, 5.41) is 0.811. The van der Waals surface area contributed by atoms with Crippen LogP contribution >= 0.6 is 23.2 Å². The van der Waals surface area contributed by atoms with Crippen molar-refractivity contribution in [2.45, 2.75) is 38.5 Å². The quantitative estimate of drug-likeness (QED) is 0.808. The Labute approximate surface area is 157 Å². The number of halogens is 2. The maximum Gasteiger partial charge on any atom is 0.260 e. The van der Waals surface area contributed by atoms with Gasteiger partial charge in [-0.2, -0.15) is 0 Å². The summed E-state index contributed by atoms with van der Waals surface area (Å²) in [6.45, 7) is 1.92. The van der Waals surface area contributed by atoms with Crippen molar-refractivity contribution >= 4 is 29.2 Å². The van der Waals surface area contributed by atoms with Gasteiger partial charge in [0.2, 0.25) is 5.95 Å². The minimum absolute atomic E-state index is 0.185. The van der Waals surface area contributed by atoms with Crippen molar-refractivity contribution in [3.05, 3.63) is 44.8 Å². The number of hydrogen-bond acceptors (Lipinski definition) is 3. The van der Waals surface area contributed by atoms with Crippen molar-refractivity contribution in [1.82, 2.24) is 9.97 Å². The lowest BCUT2D eigenvalue weighted by Crippen LogP contribution is -2.40. The first-order valence-electron chi connectivity index (χ1n) is 8.87. The van der Waals surface area contributed by atoms with Crippen molar-refractivity contribution < 1.29 is 0 Å². The van der Waals surface area contributed by atoms with Gasteiger partial charge in [-0.1, -0.05) is 48.2 Å². The third-order valence-electron chi connectivity index (χ3n) is 5.82. The average molecular weight is 378 g/mol. The maximum absolute atomic E-state index is 12.6. The van der Waals surface area contributed by atoms with Crippen LogP contribution in [0.3, 0.4) is 0 Å². The molecule has 2 aromatic rings. The van der Waals surface area contributed by atoms with Gasteiger partial charge in [0.1, 0.15) is 0 Å². The second kappa shape index (κ2) is 6.65. The van der Waals surface area contributed by atoms with Crippen LogP contribution in [0, 0.1) is 5.41 Å². The number of piperidine rings is 1. The van der Waals surface area contributed by atoms with Crippen LogP contribution in [-0.2, 0) is 0 Å². The first-order chi connectivity index (χ1) is 12.1. The normalized spacial score (nSPS) is 19.5. The van der Waals surface area contributed by atoms with E-state index in [4.69, 9.17) is 23.2 Å². The molecule has 0 unspecified atom stereocenters. The van der Waals surface area contributed by atoms with E-state index in [-0.39, 0.29) is 5.56 Å². The molecule has 4 rings (SSSR count). The van der Waals surface area contributed by atoms with E-state index in [1.807, 2.05) is 0 Å². The molecule has 0 amide bonds. The zero-order valence-electron chi connectivity index (χ0n) is 14.0. The first kappa shape index (κ1) is 16.9. The van der Waals surface area contributed by atoms with E-state index in [0.717, 1.165) is 13.1 Å². The summed E-state index contributed by atoms with van der Waals surface area (Å²) in [7, 11) is 0. The molecule has 25 heavy (non-hydrogen) atoms. The number of hydrogen-bond donors (Lipinski definition) is 1. The summed E-state index contributed by atoms with van der Waals surface area (Å²) in [5.41, 5.74) is 1.42. The summed E-state index contributed by atoms with van der Waals surface area (Å²) in [6.07, 6.45) is 9.44. The third-order valence-corrected chi connectivity index (χ3v) is 6.63. The highest BCUT2D eigenvalue weighted by atomic mass is 35.5. The largest absolute Gasteiger partial charge is 0.342 e. The minimum Gasteiger partial charge on any atom is -0.342 e. The van der Waals surface area contributed by atoms with Crippen LogP contribution in [0.25, 0.3) is 11.1 Å². The molecular formula is C19H21Cl2N3O. The summed E-state index contributed by atoms with van der Waals surface area (Å²) >= 11 is 12.3. The molecule has 1 aromatic carbocycles. The van der Waals surface area contributed by atoms with E-state index in [2.05, 4.69) is 14.9 Å². The van der Waals surface area contributed by atoms with Crippen LogP contribution in [0.5, 0.6) is 0 Å². The van der Waals surface area contributed by atoms with Gasteiger partial charge in [0, 0.05) is 24.8 Å². The van der Waals surface area contributed by atoms with Crippen LogP contribution in [0.2, 0.25) is 10.0 Å². The fourth-order valence-corrected chi connectivity index (χ4v) is 4.67. The second-order valence-electron chi connectivity index (χ2n) is 7.25. The summed E-state index contributed by atoms with van der Waals surface area (Å²) in [5.74, 6) is 0.653. The average Bonchev–Trinajstić information content (AvgIpc) is 3.06. The monoisotopic (exact) mass is 377 g/mol. The minimum atomic E-state index is -0.185. The lowest BCUT2D eigenvalue weighted by molar-refractivity contribution is 0.225.